The maximum Gasteiger partial charge on any atom is 0.255 e. The summed E-state index contributed by atoms with van der Waals surface area (Å²) in [5, 5.41) is 10.4. The van der Waals surface area contributed by atoms with Crippen LogP contribution in [-0.4, -0.2) is 45.9 Å². The summed E-state index contributed by atoms with van der Waals surface area (Å²) in [6.07, 6.45) is 5.58. The smallest absolute Gasteiger partial charge is 0.255 e. The molecule has 1 fully saturated rings. The van der Waals surface area contributed by atoms with Gasteiger partial charge < -0.3 is 21.1 Å². The second-order valence-electron chi connectivity index (χ2n) is 7.93. The van der Waals surface area contributed by atoms with Gasteiger partial charge in [-0.15, -0.1) is 0 Å². The van der Waals surface area contributed by atoms with Crippen molar-refractivity contribution in [1.82, 2.24) is 25.4 Å². The minimum atomic E-state index is -0.307. The van der Waals surface area contributed by atoms with Crippen molar-refractivity contribution in [2.45, 2.75) is 32.1 Å². The number of nitrogens with one attached hydrogen (secondary N) is 2. The highest BCUT2D eigenvalue weighted by Gasteiger charge is 2.30. The summed E-state index contributed by atoms with van der Waals surface area (Å²) in [6, 6.07) is 6.50. The number of carbonyl (C=O) groups excluding carboxylic acids is 1. The van der Waals surface area contributed by atoms with Crippen molar-refractivity contribution in [3.05, 3.63) is 65.4 Å². The Balaban J connectivity index is 1.42. The molecule has 0 saturated carbocycles. The van der Waals surface area contributed by atoms with Gasteiger partial charge in [-0.2, -0.15) is 5.10 Å². The Hall–Kier alpha value is -3.30. The Labute approximate surface area is 186 Å². The number of benzene rings is 1. The number of nitrogen functional groups attached to an aromatic ring is 1. The van der Waals surface area contributed by atoms with Crippen LogP contribution in [0.3, 0.4) is 0 Å². The Morgan fingerprint density at radius 2 is 2.16 bits per heavy atom. The van der Waals surface area contributed by atoms with Gasteiger partial charge in [-0.25, -0.2) is 9.37 Å². The molecule has 8 nitrogen and oxygen atoms in total. The van der Waals surface area contributed by atoms with Gasteiger partial charge in [0.15, 0.2) is 0 Å². The van der Waals surface area contributed by atoms with Gasteiger partial charge in [0.25, 0.3) is 5.91 Å². The highest BCUT2D eigenvalue weighted by atomic mass is 19.1. The van der Waals surface area contributed by atoms with Crippen molar-refractivity contribution < 1.29 is 13.9 Å². The quantitative estimate of drug-likeness (QED) is 0.521. The minimum absolute atomic E-state index is 0.164. The number of amides is 1. The second kappa shape index (κ2) is 9.46. The molecular weight excluding hydrogens is 411 g/mol. The monoisotopic (exact) mass is 438 g/mol. The van der Waals surface area contributed by atoms with E-state index in [0.717, 1.165) is 16.7 Å². The fourth-order valence-electron chi connectivity index (χ4n) is 3.80. The summed E-state index contributed by atoms with van der Waals surface area (Å²) in [6.45, 7) is 3.44. The normalized spacial score (nSPS) is 18.1. The Bertz CT molecular complexity index is 1120. The molecule has 4 rings (SSSR count). The lowest BCUT2D eigenvalue weighted by molar-refractivity contribution is 0.0357. The number of hydrogen-bond acceptors (Lipinski definition) is 6. The molecule has 1 aliphatic rings. The third-order valence-corrected chi connectivity index (χ3v) is 5.63. The summed E-state index contributed by atoms with van der Waals surface area (Å²) in [4.78, 5) is 17.2. The Morgan fingerprint density at radius 3 is 2.91 bits per heavy atom. The van der Waals surface area contributed by atoms with E-state index in [0.29, 0.717) is 37.2 Å². The number of rotatable bonds is 7. The average Bonchev–Trinajstić information content (AvgIpc) is 3.42. The van der Waals surface area contributed by atoms with Crippen molar-refractivity contribution in [1.29, 1.82) is 0 Å². The number of halogens is 1. The summed E-state index contributed by atoms with van der Waals surface area (Å²) in [7, 11) is 1.82. The van der Waals surface area contributed by atoms with Gasteiger partial charge in [-0.3, -0.25) is 9.48 Å². The lowest BCUT2D eigenvalue weighted by Crippen LogP contribution is -2.44. The molecule has 2 atom stereocenters. The molecule has 32 heavy (non-hydrogen) atoms. The molecule has 0 bridgehead atoms. The van der Waals surface area contributed by atoms with Gasteiger partial charge in [0.2, 0.25) is 0 Å². The summed E-state index contributed by atoms with van der Waals surface area (Å²) in [5.74, 6) is -0.348. The van der Waals surface area contributed by atoms with Crippen LogP contribution < -0.4 is 16.4 Å². The van der Waals surface area contributed by atoms with E-state index in [4.69, 9.17) is 10.5 Å². The highest BCUT2D eigenvalue weighted by molar-refractivity contribution is 5.99. The molecule has 3 heterocycles. The molecule has 0 radical (unpaired) electrons. The molecule has 1 unspecified atom stereocenters. The molecule has 168 valence electrons. The van der Waals surface area contributed by atoms with Gasteiger partial charge in [0, 0.05) is 43.7 Å². The molecule has 9 heteroatoms. The third kappa shape index (κ3) is 4.79. The van der Waals surface area contributed by atoms with Crippen molar-refractivity contribution in [2.24, 2.45) is 7.05 Å². The number of aryl methyl sites for hydroxylation is 2. The first-order valence-corrected chi connectivity index (χ1v) is 10.6. The first-order valence-electron chi connectivity index (χ1n) is 10.6. The summed E-state index contributed by atoms with van der Waals surface area (Å²) in [5.41, 5.74) is 9.47. The molecule has 0 aliphatic carbocycles. The fourth-order valence-corrected chi connectivity index (χ4v) is 3.80. The van der Waals surface area contributed by atoms with Crippen LogP contribution in [0.25, 0.3) is 11.1 Å². The number of hydrogen-bond donors (Lipinski definition) is 3. The van der Waals surface area contributed by atoms with E-state index >= 15 is 0 Å². The first kappa shape index (κ1) is 21.9. The van der Waals surface area contributed by atoms with Crippen molar-refractivity contribution in [3.8, 4) is 11.1 Å². The molecule has 1 saturated heterocycles. The number of anilines is 1. The summed E-state index contributed by atoms with van der Waals surface area (Å²) >= 11 is 0. The minimum Gasteiger partial charge on any atom is -0.383 e. The largest absolute Gasteiger partial charge is 0.383 e. The number of carbonyl (C=O) groups is 1. The maximum absolute atomic E-state index is 13.7. The molecule has 2 aromatic heterocycles. The average molecular weight is 439 g/mol. The Morgan fingerprint density at radius 1 is 1.31 bits per heavy atom. The topological polar surface area (TPSA) is 107 Å². The standard InChI is InChI=1S/C23H27FN6O2/c1-3-15-6-14(4-5-19(15)24)13-32-21-11-26-10-20(21)29-23(31)18-7-16(8-27-22(18)25)17-9-28-30(2)12-17/h4-9,12,20-21,26H,3,10-11,13H2,1-2H3,(H2,25,27)(H,29,31)/t20-,21?/m0/s1. The van der Waals surface area contributed by atoms with E-state index in [1.807, 2.05) is 26.2 Å². The van der Waals surface area contributed by atoms with Crippen molar-refractivity contribution >= 4 is 11.7 Å². The van der Waals surface area contributed by atoms with Crippen LogP contribution in [0.1, 0.15) is 28.4 Å². The molecule has 1 aliphatic heterocycles. The fraction of sp³-hybridized carbons (Fsp3) is 0.348. The van der Waals surface area contributed by atoms with Crippen molar-refractivity contribution in [3.63, 3.8) is 0 Å². The van der Waals surface area contributed by atoms with Gasteiger partial charge in [-0.05, 0) is 29.7 Å². The molecule has 1 aromatic carbocycles. The highest BCUT2D eigenvalue weighted by Crippen LogP contribution is 2.22. The number of pyridine rings is 1. The van der Waals surface area contributed by atoms with Crippen LogP contribution in [0, 0.1) is 5.82 Å². The number of aromatic nitrogens is 3. The number of ether oxygens (including phenoxy) is 1. The predicted molar refractivity (Wildman–Crippen MR) is 119 cm³/mol. The van der Waals surface area contributed by atoms with E-state index in [1.165, 1.54) is 6.07 Å². The van der Waals surface area contributed by atoms with Crippen LogP contribution in [-0.2, 0) is 24.8 Å². The molecule has 1 amide bonds. The molecule has 4 N–H and O–H groups in total. The molecule has 0 spiro atoms. The zero-order valence-electron chi connectivity index (χ0n) is 18.1. The van der Waals surface area contributed by atoms with E-state index < -0.39 is 0 Å². The van der Waals surface area contributed by atoms with E-state index in [1.54, 1.807) is 29.2 Å². The van der Waals surface area contributed by atoms with Gasteiger partial charge in [-0.1, -0.05) is 19.1 Å². The van der Waals surface area contributed by atoms with Gasteiger partial charge in [0.1, 0.15) is 11.6 Å². The van der Waals surface area contributed by atoms with Gasteiger partial charge in [0.05, 0.1) is 30.5 Å². The number of nitrogens with zero attached hydrogens (tertiary/aromatic N) is 3. The second-order valence-corrected chi connectivity index (χ2v) is 7.93. The van der Waals surface area contributed by atoms with E-state index in [9.17, 15) is 9.18 Å². The molecular formula is C23H27FN6O2. The maximum atomic E-state index is 13.7. The first-order chi connectivity index (χ1) is 15.4. The Kier molecular flexibility index (Phi) is 6.48. The van der Waals surface area contributed by atoms with Gasteiger partial charge >= 0.3 is 0 Å². The zero-order chi connectivity index (χ0) is 22.7. The predicted octanol–water partition coefficient (Wildman–Crippen LogP) is 2.05. The van der Waals surface area contributed by atoms with Crippen LogP contribution in [0.2, 0.25) is 0 Å². The van der Waals surface area contributed by atoms with Crippen LogP contribution in [0.15, 0.2) is 42.9 Å². The van der Waals surface area contributed by atoms with Crippen LogP contribution >= 0.6 is 0 Å². The van der Waals surface area contributed by atoms with E-state index in [-0.39, 0.29) is 29.7 Å². The summed E-state index contributed by atoms with van der Waals surface area (Å²) < 4.78 is 21.5. The van der Waals surface area contributed by atoms with Crippen LogP contribution in [0.4, 0.5) is 10.2 Å². The molecule has 3 aromatic rings. The van der Waals surface area contributed by atoms with Crippen LogP contribution in [0.5, 0.6) is 0 Å². The SMILES string of the molecule is CCc1cc(COC2CNC[C@@H]2NC(=O)c2cc(-c3cnn(C)c3)cnc2N)ccc1F. The lowest BCUT2D eigenvalue weighted by atomic mass is 10.1. The lowest BCUT2D eigenvalue weighted by Gasteiger charge is -2.21. The van der Waals surface area contributed by atoms with E-state index in [2.05, 4.69) is 20.7 Å². The number of nitrogens with two attached hydrogens (primary N) is 1. The van der Waals surface area contributed by atoms with Crippen molar-refractivity contribution in [2.75, 3.05) is 18.8 Å². The zero-order valence-corrected chi connectivity index (χ0v) is 18.1. The third-order valence-electron chi connectivity index (χ3n) is 5.63.